The third-order valence-electron chi connectivity index (χ3n) is 6.85. The number of rotatable bonds is 6. The summed E-state index contributed by atoms with van der Waals surface area (Å²) in [6.45, 7) is 4.25. The van der Waals surface area contributed by atoms with E-state index in [4.69, 9.17) is 4.74 Å². The van der Waals surface area contributed by atoms with Gasteiger partial charge in [-0.2, -0.15) is 0 Å². The van der Waals surface area contributed by atoms with Crippen LogP contribution in [0.4, 0.5) is 4.79 Å². The largest absolute Gasteiger partial charge is 0.481 e. The fourth-order valence-corrected chi connectivity index (χ4v) is 5.04. The van der Waals surface area contributed by atoms with Crippen molar-refractivity contribution in [3.63, 3.8) is 0 Å². The number of benzene rings is 2. The lowest BCUT2D eigenvalue weighted by atomic mass is 9.91. The highest BCUT2D eigenvalue weighted by atomic mass is 16.5. The van der Waals surface area contributed by atoms with Gasteiger partial charge in [0.25, 0.3) is 0 Å². The molecule has 0 aromatic heterocycles. The van der Waals surface area contributed by atoms with Gasteiger partial charge in [0.2, 0.25) is 5.91 Å². The van der Waals surface area contributed by atoms with Gasteiger partial charge in [-0.1, -0.05) is 55.5 Å². The molecule has 4 rings (SSSR count). The van der Waals surface area contributed by atoms with Crippen LogP contribution in [0.2, 0.25) is 0 Å². The number of fused-ring (bicyclic) bond motifs is 3. The molecule has 0 radical (unpaired) electrons. The van der Waals surface area contributed by atoms with E-state index in [1.165, 1.54) is 0 Å². The first-order valence-corrected chi connectivity index (χ1v) is 11.6. The maximum atomic E-state index is 13.0. The summed E-state index contributed by atoms with van der Waals surface area (Å²) in [5.74, 6) is -1.49. The van der Waals surface area contributed by atoms with Crippen LogP contribution in [0.25, 0.3) is 11.1 Å². The number of carboxylic acid groups (broad SMARTS) is 1. The van der Waals surface area contributed by atoms with Gasteiger partial charge in [0.05, 0.1) is 5.92 Å². The van der Waals surface area contributed by atoms with Crippen LogP contribution in [0.1, 0.15) is 50.2 Å². The molecule has 7 heteroatoms. The van der Waals surface area contributed by atoms with Gasteiger partial charge < -0.3 is 20.1 Å². The molecule has 2 amide bonds. The van der Waals surface area contributed by atoms with Crippen LogP contribution in [0.15, 0.2) is 48.5 Å². The van der Waals surface area contributed by atoms with Crippen LogP contribution in [0, 0.1) is 5.92 Å². The molecule has 1 saturated heterocycles. The molecule has 0 bridgehead atoms. The fourth-order valence-electron chi connectivity index (χ4n) is 5.04. The highest BCUT2D eigenvalue weighted by molar-refractivity contribution is 5.86. The third-order valence-corrected chi connectivity index (χ3v) is 6.85. The van der Waals surface area contributed by atoms with E-state index in [0.29, 0.717) is 25.8 Å². The molecule has 1 heterocycles. The summed E-state index contributed by atoms with van der Waals surface area (Å²) in [6, 6.07) is 15.4. The standard InChI is InChI=1S/C26H30N2O5/c1-3-23(24(29)28-13-12-17(25(30)31)14-16(28)2)27-26(32)33-15-22-20-10-6-4-8-18(20)19-9-5-7-11-21(19)22/h4-11,16-17,22-23H,3,12-15H2,1-2H3,(H,27,32)(H,30,31)/t16-,17-,23-/m0/s1. The zero-order valence-electron chi connectivity index (χ0n) is 19.0. The van der Waals surface area contributed by atoms with E-state index in [0.717, 1.165) is 22.3 Å². The maximum Gasteiger partial charge on any atom is 0.407 e. The Labute approximate surface area is 193 Å². The number of nitrogens with zero attached hydrogens (tertiary/aromatic N) is 1. The van der Waals surface area contributed by atoms with Gasteiger partial charge >= 0.3 is 12.1 Å². The summed E-state index contributed by atoms with van der Waals surface area (Å²) < 4.78 is 5.59. The molecule has 0 spiro atoms. The summed E-state index contributed by atoms with van der Waals surface area (Å²) in [4.78, 5) is 38.6. The summed E-state index contributed by atoms with van der Waals surface area (Å²) in [7, 11) is 0. The van der Waals surface area contributed by atoms with E-state index in [2.05, 4.69) is 29.6 Å². The molecule has 1 aliphatic carbocycles. The molecule has 33 heavy (non-hydrogen) atoms. The van der Waals surface area contributed by atoms with Crippen molar-refractivity contribution in [3.8, 4) is 11.1 Å². The van der Waals surface area contributed by atoms with Crippen LogP contribution in [0.5, 0.6) is 0 Å². The molecular formula is C26H30N2O5. The number of carbonyl (C=O) groups excluding carboxylic acids is 2. The molecule has 174 valence electrons. The number of alkyl carbamates (subject to hydrolysis) is 1. The first-order valence-electron chi connectivity index (χ1n) is 11.6. The number of piperidine rings is 1. The van der Waals surface area contributed by atoms with Crippen LogP contribution >= 0.6 is 0 Å². The number of ether oxygens (including phenoxy) is 1. The molecule has 2 aromatic rings. The van der Waals surface area contributed by atoms with Gasteiger partial charge in [-0.05, 0) is 48.4 Å². The Hall–Kier alpha value is -3.35. The number of likely N-dealkylation sites (tertiary alicyclic amines) is 1. The molecule has 0 saturated carbocycles. The fraction of sp³-hybridized carbons (Fsp3) is 0.423. The van der Waals surface area contributed by atoms with Gasteiger partial charge in [-0.25, -0.2) is 4.79 Å². The van der Waals surface area contributed by atoms with Crippen molar-refractivity contribution in [2.45, 2.75) is 51.1 Å². The molecule has 2 N–H and O–H groups in total. The number of aliphatic carboxylic acids is 1. The first-order chi connectivity index (χ1) is 15.9. The Morgan fingerprint density at radius 2 is 1.70 bits per heavy atom. The number of carboxylic acids is 1. The van der Waals surface area contributed by atoms with E-state index in [-0.39, 0.29) is 24.5 Å². The summed E-state index contributed by atoms with van der Waals surface area (Å²) >= 11 is 0. The second-order valence-corrected chi connectivity index (χ2v) is 8.87. The van der Waals surface area contributed by atoms with E-state index < -0.39 is 24.0 Å². The van der Waals surface area contributed by atoms with Crippen molar-refractivity contribution in [1.82, 2.24) is 10.2 Å². The first kappa shape index (κ1) is 22.8. The molecule has 1 aliphatic heterocycles. The Morgan fingerprint density at radius 3 is 2.24 bits per heavy atom. The SMILES string of the molecule is CC[C@H](NC(=O)OCC1c2ccccc2-c2ccccc21)C(=O)N1CC[C@H](C(=O)O)C[C@@H]1C. The van der Waals surface area contributed by atoms with Gasteiger partial charge in [0.15, 0.2) is 0 Å². The lowest BCUT2D eigenvalue weighted by Gasteiger charge is -2.38. The van der Waals surface area contributed by atoms with E-state index in [1.807, 2.05) is 38.1 Å². The summed E-state index contributed by atoms with van der Waals surface area (Å²) in [5.41, 5.74) is 4.57. The molecular weight excluding hydrogens is 420 g/mol. The Kier molecular flexibility index (Phi) is 6.67. The van der Waals surface area contributed by atoms with E-state index in [1.54, 1.807) is 4.90 Å². The summed E-state index contributed by atoms with van der Waals surface area (Å²) in [5, 5.41) is 12.0. The van der Waals surface area contributed by atoms with Gasteiger partial charge in [0.1, 0.15) is 12.6 Å². The van der Waals surface area contributed by atoms with Gasteiger partial charge in [0, 0.05) is 18.5 Å². The van der Waals surface area contributed by atoms with Gasteiger partial charge in [-0.3, -0.25) is 9.59 Å². The van der Waals surface area contributed by atoms with Crippen LogP contribution in [-0.4, -0.2) is 53.2 Å². The Bertz CT molecular complexity index is 1010. The van der Waals surface area contributed by atoms with Crippen molar-refractivity contribution >= 4 is 18.0 Å². The lowest BCUT2D eigenvalue weighted by Crippen LogP contribution is -2.54. The van der Waals surface area contributed by atoms with Crippen molar-refractivity contribution < 1.29 is 24.2 Å². The van der Waals surface area contributed by atoms with Gasteiger partial charge in [-0.15, -0.1) is 0 Å². The minimum atomic E-state index is -0.822. The monoisotopic (exact) mass is 450 g/mol. The second-order valence-electron chi connectivity index (χ2n) is 8.87. The van der Waals surface area contributed by atoms with Crippen molar-refractivity contribution in [1.29, 1.82) is 0 Å². The molecule has 2 aliphatic rings. The number of amides is 2. The number of nitrogens with one attached hydrogen (secondary N) is 1. The zero-order chi connectivity index (χ0) is 23.5. The van der Waals surface area contributed by atoms with Crippen LogP contribution in [0.3, 0.4) is 0 Å². The minimum absolute atomic E-state index is 0.0472. The van der Waals surface area contributed by atoms with E-state index >= 15 is 0 Å². The molecule has 7 nitrogen and oxygen atoms in total. The molecule has 3 atom stereocenters. The average molecular weight is 451 g/mol. The molecule has 2 aromatic carbocycles. The maximum absolute atomic E-state index is 13.0. The molecule has 0 unspecified atom stereocenters. The minimum Gasteiger partial charge on any atom is -0.481 e. The summed E-state index contributed by atoms with van der Waals surface area (Å²) in [6.07, 6.45) is 0.647. The predicted molar refractivity (Wildman–Crippen MR) is 124 cm³/mol. The predicted octanol–water partition coefficient (Wildman–Crippen LogP) is 4.02. The van der Waals surface area contributed by atoms with Crippen LogP contribution < -0.4 is 5.32 Å². The third kappa shape index (κ3) is 4.58. The van der Waals surface area contributed by atoms with Crippen molar-refractivity contribution in [3.05, 3.63) is 59.7 Å². The van der Waals surface area contributed by atoms with Crippen LogP contribution in [-0.2, 0) is 14.3 Å². The quantitative estimate of drug-likeness (QED) is 0.693. The number of hydrogen-bond acceptors (Lipinski definition) is 4. The van der Waals surface area contributed by atoms with Crippen molar-refractivity contribution in [2.75, 3.05) is 13.2 Å². The zero-order valence-corrected chi connectivity index (χ0v) is 19.0. The lowest BCUT2D eigenvalue weighted by molar-refractivity contribution is -0.148. The van der Waals surface area contributed by atoms with E-state index in [9.17, 15) is 19.5 Å². The normalized spacial score (nSPS) is 20.5. The highest BCUT2D eigenvalue weighted by Crippen LogP contribution is 2.44. The Morgan fingerprint density at radius 1 is 1.09 bits per heavy atom. The average Bonchev–Trinajstić information content (AvgIpc) is 3.14. The van der Waals surface area contributed by atoms with Crippen molar-refractivity contribution in [2.24, 2.45) is 5.92 Å². The highest BCUT2D eigenvalue weighted by Gasteiger charge is 2.35. The Balaban J connectivity index is 1.37. The number of carbonyl (C=O) groups is 3. The molecule has 1 fully saturated rings. The second kappa shape index (κ2) is 9.65. The topological polar surface area (TPSA) is 95.9 Å². The smallest absolute Gasteiger partial charge is 0.407 e. The number of hydrogen-bond donors (Lipinski definition) is 2.